The van der Waals surface area contributed by atoms with Crippen molar-refractivity contribution in [3.05, 3.63) is 18.0 Å². The Morgan fingerprint density at radius 3 is 2.29 bits per heavy atom. The zero-order valence-corrected chi connectivity index (χ0v) is 23.3. The van der Waals surface area contributed by atoms with Crippen LogP contribution in [0.25, 0.3) is 11.0 Å². The Morgan fingerprint density at radius 2 is 1.69 bits per heavy atom. The first-order valence-electron chi connectivity index (χ1n) is 14.0. The molecule has 0 saturated heterocycles. The maximum absolute atomic E-state index is 12.4. The second-order valence-electron chi connectivity index (χ2n) is 8.29. The first kappa shape index (κ1) is 30.8. The quantitative estimate of drug-likeness (QED) is 0.313. The lowest BCUT2D eigenvalue weighted by molar-refractivity contribution is 0.0850. The third-order valence-corrected chi connectivity index (χ3v) is 5.84. The molecule has 7 heteroatoms. The highest BCUT2D eigenvalue weighted by Gasteiger charge is 2.21. The van der Waals surface area contributed by atoms with Crippen LogP contribution in [0.5, 0.6) is 0 Å². The van der Waals surface area contributed by atoms with E-state index in [9.17, 15) is 4.79 Å². The maximum atomic E-state index is 12.4. The summed E-state index contributed by atoms with van der Waals surface area (Å²) >= 11 is 0. The monoisotopic (exact) mass is 490 g/mol. The van der Waals surface area contributed by atoms with Gasteiger partial charge in [-0.05, 0) is 44.7 Å². The molecule has 0 spiro atoms. The highest BCUT2D eigenvalue weighted by molar-refractivity contribution is 5.95. The van der Waals surface area contributed by atoms with Gasteiger partial charge in [-0.3, -0.25) is 5.32 Å². The first-order valence-corrected chi connectivity index (χ1v) is 14.0. The molecule has 1 amide bonds. The molecule has 2 aromatic rings. The normalized spacial score (nSPS) is 13.3. The van der Waals surface area contributed by atoms with Crippen molar-refractivity contribution in [2.45, 2.75) is 99.3 Å². The molecule has 7 nitrogen and oxygen atoms in total. The van der Waals surface area contributed by atoms with Gasteiger partial charge in [-0.15, -0.1) is 0 Å². The number of nitrogens with one attached hydrogen (secondary N) is 2. The summed E-state index contributed by atoms with van der Waals surface area (Å²) in [4.78, 5) is 23.2. The number of amides is 1. The van der Waals surface area contributed by atoms with E-state index in [0.29, 0.717) is 19.1 Å². The summed E-state index contributed by atoms with van der Waals surface area (Å²) in [5.74, 6) is 1.58. The summed E-state index contributed by atoms with van der Waals surface area (Å²) in [6.07, 6.45) is 7.86. The van der Waals surface area contributed by atoms with Crippen LogP contribution in [-0.4, -0.2) is 49.0 Å². The van der Waals surface area contributed by atoms with Crippen molar-refractivity contribution in [3.63, 3.8) is 0 Å². The summed E-state index contributed by atoms with van der Waals surface area (Å²) in [6.45, 7) is 17.4. The Balaban J connectivity index is 0.00000145. The average molecular weight is 491 g/mol. The molecule has 200 valence electrons. The van der Waals surface area contributed by atoms with Crippen LogP contribution in [0, 0.1) is 0 Å². The molecule has 35 heavy (non-hydrogen) atoms. The minimum Gasteiger partial charge on any atom is -0.447 e. The SMILES string of the molecule is CC.CC.CCCN(CCC)c1cc2nc(C3CCCCC3)[nH]c2cc1NC(=O)OCCOCC. The number of hydrogen-bond acceptors (Lipinski definition) is 5. The van der Waals surface area contributed by atoms with Crippen molar-refractivity contribution in [3.8, 4) is 0 Å². The molecular formula is C28H50N4O3. The van der Waals surface area contributed by atoms with Crippen molar-refractivity contribution in [2.24, 2.45) is 0 Å². The second-order valence-corrected chi connectivity index (χ2v) is 8.29. The molecule has 2 N–H and O–H groups in total. The summed E-state index contributed by atoms with van der Waals surface area (Å²) in [5, 5.41) is 2.96. The number of fused-ring (bicyclic) bond motifs is 1. The van der Waals surface area contributed by atoms with E-state index in [1.165, 1.54) is 32.1 Å². The van der Waals surface area contributed by atoms with Gasteiger partial charge in [-0.25, -0.2) is 9.78 Å². The number of ether oxygens (including phenoxy) is 2. The van der Waals surface area contributed by atoms with E-state index in [1.54, 1.807) is 0 Å². The molecule has 0 unspecified atom stereocenters. The highest BCUT2D eigenvalue weighted by atomic mass is 16.6. The van der Waals surface area contributed by atoms with Gasteiger partial charge in [-0.2, -0.15) is 0 Å². The fraction of sp³-hybridized carbons (Fsp3) is 0.714. The largest absolute Gasteiger partial charge is 0.447 e. The van der Waals surface area contributed by atoms with Crippen molar-refractivity contribution < 1.29 is 14.3 Å². The van der Waals surface area contributed by atoms with Crippen LogP contribution in [0.4, 0.5) is 16.2 Å². The summed E-state index contributed by atoms with van der Waals surface area (Å²) in [6, 6.07) is 4.12. The van der Waals surface area contributed by atoms with Crippen molar-refractivity contribution in [2.75, 3.05) is 43.1 Å². The third-order valence-electron chi connectivity index (χ3n) is 5.84. The topological polar surface area (TPSA) is 79.5 Å². The Bertz CT molecular complexity index is 825. The molecule has 0 aliphatic heterocycles. The van der Waals surface area contributed by atoms with Gasteiger partial charge in [0.1, 0.15) is 12.4 Å². The molecule has 1 saturated carbocycles. The van der Waals surface area contributed by atoms with Gasteiger partial charge in [0, 0.05) is 25.6 Å². The number of aromatic nitrogens is 2. The number of aromatic amines is 1. The number of H-pyrrole nitrogens is 1. The minimum absolute atomic E-state index is 0.237. The van der Waals surface area contributed by atoms with Crippen molar-refractivity contribution in [1.29, 1.82) is 0 Å². The summed E-state index contributed by atoms with van der Waals surface area (Å²) in [7, 11) is 0. The Labute approximate surface area is 213 Å². The molecule has 3 rings (SSSR count). The van der Waals surface area contributed by atoms with Gasteiger partial charge < -0.3 is 19.4 Å². The van der Waals surface area contributed by atoms with Gasteiger partial charge >= 0.3 is 6.09 Å². The molecule has 1 aliphatic rings. The fourth-order valence-corrected chi connectivity index (χ4v) is 4.37. The summed E-state index contributed by atoms with van der Waals surface area (Å²) in [5.41, 5.74) is 3.68. The number of rotatable bonds is 11. The zero-order valence-electron chi connectivity index (χ0n) is 23.3. The maximum Gasteiger partial charge on any atom is 0.411 e. The van der Waals surface area contributed by atoms with Crippen molar-refractivity contribution >= 4 is 28.5 Å². The van der Waals surface area contributed by atoms with E-state index in [0.717, 1.165) is 54.2 Å². The molecule has 1 fully saturated rings. The smallest absolute Gasteiger partial charge is 0.411 e. The van der Waals surface area contributed by atoms with E-state index < -0.39 is 6.09 Å². The molecule has 0 bridgehead atoms. The molecule has 1 heterocycles. The second kappa shape index (κ2) is 18.1. The van der Waals surface area contributed by atoms with Crippen LogP contribution in [0.1, 0.15) is 105 Å². The van der Waals surface area contributed by atoms with Gasteiger partial charge in [0.15, 0.2) is 0 Å². The minimum atomic E-state index is -0.458. The first-order chi connectivity index (χ1) is 17.2. The standard InChI is InChI=1S/C24H38N4O3.2C2H6/c1-4-12-28(13-5-2)22-17-20-19(25-23(26-20)18-10-8-7-9-11-18)16-21(22)27-24(29)31-15-14-30-6-3;2*1-2/h16-18H,4-15H2,1-3H3,(H,25,26)(H,27,29);2*1-2H3. The molecular weight excluding hydrogens is 440 g/mol. The Morgan fingerprint density at radius 1 is 1.03 bits per heavy atom. The van der Waals surface area contributed by atoms with Gasteiger partial charge in [0.25, 0.3) is 0 Å². The molecule has 1 aromatic heterocycles. The van der Waals surface area contributed by atoms with Crippen LogP contribution in [0.3, 0.4) is 0 Å². The number of imidazole rings is 1. The molecule has 1 aliphatic carbocycles. The number of benzene rings is 1. The molecule has 0 radical (unpaired) electrons. The lowest BCUT2D eigenvalue weighted by Gasteiger charge is -2.26. The number of carbonyl (C=O) groups is 1. The van der Waals surface area contributed by atoms with Crippen LogP contribution in [-0.2, 0) is 9.47 Å². The van der Waals surface area contributed by atoms with Crippen LogP contribution in [0.2, 0.25) is 0 Å². The van der Waals surface area contributed by atoms with Crippen LogP contribution < -0.4 is 10.2 Å². The zero-order chi connectivity index (χ0) is 26.1. The number of anilines is 2. The van der Waals surface area contributed by atoms with Gasteiger partial charge in [0.05, 0.1) is 29.0 Å². The van der Waals surface area contributed by atoms with E-state index in [2.05, 4.69) is 35.1 Å². The predicted octanol–water partition coefficient (Wildman–Crippen LogP) is 7.87. The lowest BCUT2D eigenvalue weighted by Crippen LogP contribution is -2.27. The molecule has 0 atom stereocenters. The van der Waals surface area contributed by atoms with Crippen LogP contribution in [0.15, 0.2) is 12.1 Å². The predicted molar refractivity (Wildman–Crippen MR) is 149 cm³/mol. The Hall–Kier alpha value is -2.28. The van der Waals surface area contributed by atoms with Gasteiger partial charge in [0.2, 0.25) is 0 Å². The lowest BCUT2D eigenvalue weighted by atomic mass is 9.89. The van der Waals surface area contributed by atoms with E-state index in [-0.39, 0.29) is 6.61 Å². The number of nitrogens with zero attached hydrogens (tertiary/aromatic N) is 2. The highest BCUT2D eigenvalue weighted by Crippen LogP contribution is 2.35. The number of hydrogen-bond donors (Lipinski definition) is 2. The fourth-order valence-electron chi connectivity index (χ4n) is 4.37. The van der Waals surface area contributed by atoms with E-state index >= 15 is 0 Å². The third kappa shape index (κ3) is 9.71. The molecule has 1 aromatic carbocycles. The van der Waals surface area contributed by atoms with E-state index in [4.69, 9.17) is 14.5 Å². The van der Waals surface area contributed by atoms with Crippen molar-refractivity contribution in [1.82, 2.24) is 9.97 Å². The number of carbonyl (C=O) groups excluding carboxylic acids is 1. The Kier molecular flexibility index (Phi) is 15.9. The van der Waals surface area contributed by atoms with Gasteiger partial charge in [-0.1, -0.05) is 60.8 Å². The average Bonchev–Trinajstić information content (AvgIpc) is 3.32. The van der Waals surface area contributed by atoms with Crippen LogP contribution >= 0.6 is 0 Å². The van der Waals surface area contributed by atoms with E-state index in [1.807, 2.05) is 40.7 Å². The summed E-state index contributed by atoms with van der Waals surface area (Å²) < 4.78 is 10.5.